The van der Waals surface area contributed by atoms with Gasteiger partial charge in [-0.3, -0.25) is 4.79 Å². The SMILES string of the molecule is CN(C)CCn1ncc(NCC(C)(C)CCO)c(Br)c1=O. The van der Waals surface area contributed by atoms with Crippen LogP contribution in [0.1, 0.15) is 20.3 Å². The number of hydrogen-bond acceptors (Lipinski definition) is 5. The van der Waals surface area contributed by atoms with Crippen LogP contribution in [0.25, 0.3) is 0 Å². The summed E-state index contributed by atoms with van der Waals surface area (Å²) in [6, 6.07) is 0. The van der Waals surface area contributed by atoms with Crippen LogP contribution >= 0.6 is 15.9 Å². The standard InChI is InChI=1S/C14H25BrN4O2/c1-14(2,5-8-20)10-16-11-9-17-19(7-6-18(3)4)13(21)12(11)15/h9,16,20H,5-8,10H2,1-4H3. The molecular weight excluding hydrogens is 336 g/mol. The number of nitrogens with one attached hydrogen (secondary N) is 1. The lowest BCUT2D eigenvalue weighted by molar-refractivity contribution is 0.220. The van der Waals surface area contributed by atoms with Crippen LogP contribution in [0, 0.1) is 5.41 Å². The van der Waals surface area contributed by atoms with Crippen LogP contribution in [0.4, 0.5) is 5.69 Å². The van der Waals surface area contributed by atoms with Crippen molar-refractivity contribution in [1.82, 2.24) is 14.7 Å². The summed E-state index contributed by atoms with van der Waals surface area (Å²) < 4.78 is 1.95. The monoisotopic (exact) mass is 360 g/mol. The maximum atomic E-state index is 12.2. The summed E-state index contributed by atoms with van der Waals surface area (Å²) in [5.74, 6) is 0. The minimum atomic E-state index is -0.137. The number of aliphatic hydroxyl groups is 1. The molecule has 0 aromatic carbocycles. The molecule has 1 aromatic heterocycles. The predicted molar refractivity (Wildman–Crippen MR) is 88.7 cm³/mol. The third-order valence-electron chi connectivity index (χ3n) is 3.29. The van der Waals surface area contributed by atoms with E-state index in [-0.39, 0.29) is 17.6 Å². The van der Waals surface area contributed by atoms with Crippen molar-refractivity contribution in [3.63, 3.8) is 0 Å². The average Bonchev–Trinajstić information content (AvgIpc) is 2.39. The van der Waals surface area contributed by atoms with Gasteiger partial charge in [0.15, 0.2) is 0 Å². The van der Waals surface area contributed by atoms with E-state index in [9.17, 15) is 4.79 Å². The van der Waals surface area contributed by atoms with Gasteiger partial charge in [0.05, 0.1) is 18.4 Å². The molecule has 0 saturated carbocycles. The molecule has 0 amide bonds. The zero-order valence-corrected chi connectivity index (χ0v) is 14.8. The molecule has 21 heavy (non-hydrogen) atoms. The summed E-state index contributed by atoms with van der Waals surface area (Å²) in [4.78, 5) is 14.2. The lowest BCUT2D eigenvalue weighted by Crippen LogP contribution is -2.30. The summed E-state index contributed by atoms with van der Waals surface area (Å²) in [5.41, 5.74) is 0.502. The Morgan fingerprint density at radius 3 is 2.71 bits per heavy atom. The van der Waals surface area contributed by atoms with Gasteiger partial charge in [0.25, 0.3) is 5.56 Å². The van der Waals surface area contributed by atoms with E-state index in [0.717, 1.165) is 6.54 Å². The quantitative estimate of drug-likeness (QED) is 0.732. The molecule has 1 heterocycles. The molecule has 0 fully saturated rings. The first-order valence-electron chi connectivity index (χ1n) is 7.02. The van der Waals surface area contributed by atoms with E-state index in [1.165, 1.54) is 4.68 Å². The number of nitrogens with zero attached hydrogens (tertiary/aromatic N) is 3. The third kappa shape index (κ3) is 5.76. The lowest BCUT2D eigenvalue weighted by Gasteiger charge is -2.24. The van der Waals surface area contributed by atoms with Crippen molar-refractivity contribution in [3.05, 3.63) is 21.0 Å². The molecule has 0 aliphatic rings. The Kier molecular flexibility index (Phi) is 6.83. The molecule has 0 radical (unpaired) electrons. The topological polar surface area (TPSA) is 70.4 Å². The second-order valence-corrected chi connectivity index (χ2v) is 6.99. The van der Waals surface area contributed by atoms with Gasteiger partial charge in [0, 0.05) is 19.7 Å². The molecule has 2 N–H and O–H groups in total. The van der Waals surface area contributed by atoms with Gasteiger partial charge in [-0.05, 0) is 41.9 Å². The Balaban J connectivity index is 2.78. The van der Waals surface area contributed by atoms with Crippen LogP contribution in [-0.2, 0) is 6.54 Å². The summed E-state index contributed by atoms with van der Waals surface area (Å²) in [6.45, 7) is 6.26. The van der Waals surface area contributed by atoms with Gasteiger partial charge in [0.1, 0.15) is 4.47 Å². The summed E-state index contributed by atoms with van der Waals surface area (Å²) >= 11 is 3.35. The van der Waals surface area contributed by atoms with Crippen LogP contribution in [0.3, 0.4) is 0 Å². The van der Waals surface area contributed by atoms with Gasteiger partial charge in [-0.25, -0.2) is 4.68 Å². The molecule has 0 spiro atoms. The summed E-state index contributed by atoms with van der Waals surface area (Å²) in [6.07, 6.45) is 2.36. The largest absolute Gasteiger partial charge is 0.396 e. The van der Waals surface area contributed by atoms with Crippen molar-refractivity contribution in [2.24, 2.45) is 5.41 Å². The maximum Gasteiger partial charge on any atom is 0.283 e. The molecule has 0 bridgehead atoms. The zero-order chi connectivity index (χ0) is 16.0. The highest BCUT2D eigenvalue weighted by molar-refractivity contribution is 9.10. The van der Waals surface area contributed by atoms with E-state index in [1.807, 2.05) is 19.0 Å². The number of aromatic nitrogens is 2. The fourth-order valence-electron chi connectivity index (χ4n) is 1.77. The van der Waals surface area contributed by atoms with Gasteiger partial charge < -0.3 is 15.3 Å². The third-order valence-corrected chi connectivity index (χ3v) is 4.06. The highest BCUT2D eigenvalue weighted by Crippen LogP contribution is 2.23. The van der Waals surface area contributed by atoms with Crippen LogP contribution in [0.15, 0.2) is 15.5 Å². The molecule has 120 valence electrons. The van der Waals surface area contributed by atoms with E-state index >= 15 is 0 Å². The Labute approximate surface area is 134 Å². The van der Waals surface area contributed by atoms with Crippen molar-refractivity contribution in [2.45, 2.75) is 26.8 Å². The number of aliphatic hydroxyl groups excluding tert-OH is 1. The Morgan fingerprint density at radius 2 is 2.14 bits per heavy atom. The van der Waals surface area contributed by atoms with Crippen molar-refractivity contribution < 1.29 is 5.11 Å². The lowest BCUT2D eigenvalue weighted by atomic mass is 9.90. The normalized spacial score (nSPS) is 12.0. The Hall–Kier alpha value is -0.920. The molecule has 0 unspecified atom stereocenters. The minimum Gasteiger partial charge on any atom is -0.396 e. The fourth-order valence-corrected chi connectivity index (χ4v) is 2.22. The molecule has 6 nitrogen and oxygen atoms in total. The van der Waals surface area contributed by atoms with E-state index in [0.29, 0.717) is 29.7 Å². The van der Waals surface area contributed by atoms with Crippen molar-refractivity contribution in [3.8, 4) is 0 Å². The summed E-state index contributed by atoms with van der Waals surface area (Å²) in [7, 11) is 3.92. The second-order valence-electron chi connectivity index (χ2n) is 6.20. The van der Waals surface area contributed by atoms with Crippen LogP contribution in [0.5, 0.6) is 0 Å². The number of hydrogen-bond donors (Lipinski definition) is 2. The van der Waals surface area contributed by atoms with E-state index in [2.05, 4.69) is 40.2 Å². The molecule has 1 aromatic rings. The molecule has 0 aliphatic carbocycles. The van der Waals surface area contributed by atoms with Crippen molar-refractivity contribution in [1.29, 1.82) is 0 Å². The maximum absolute atomic E-state index is 12.2. The van der Waals surface area contributed by atoms with E-state index < -0.39 is 0 Å². The summed E-state index contributed by atoms with van der Waals surface area (Å²) in [5, 5.41) is 16.5. The number of halogens is 1. The van der Waals surface area contributed by atoms with E-state index in [4.69, 9.17) is 5.11 Å². The van der Waals surface area contributed by atoms with Gasteiger partial charge in [-0.15, -0.1) is 0 Å². The highest BCUT2D eigenvalue weighted by Gasteiger charge is 2.18. The first kappa shape index (κ1) is 18.1. The van der Waals surface area contributed by atoms with Crippen LogP contribution < -0.4 is 10.9 Å². The first-order chi connectivity index (χ1) is 9.76. The molecule has 1 rings (SSSR count). The molecular formula is C14H25BrN4O2. The van der Waals surface area contributed by atoms with E-state index in [1.54, 1.807) is 6.20 Å². The van der Waals surface area contributed by atoms with Crippen LogP contribution in [0.2, 0.25) is 0 Å². The number of rotatable bonds is 8. The minimum absolute atomic E-state index is 0.0476. The Morgan fingerprint density at radius 1 is 1.48 bits per heavy atom. The molecule has 7 heteroatoms. The fraction of sp³-hybridized carbons (Fsp3) is 0.714. The molecule has 0 atom stereocenters. The van der Waals surface area contributed by atoms with Crippen molar-refractivity contribution in [2.75, 3.05) is 39.1 Å². The molecule has 0 aliphatic heterocycles. The highest BCUT2D eigenvalue weighted by atomic mass is 79.9. The van der Waals surface area contributed by atoms with Crippen LogP contribution in [-0.4, -0.2) is 53.6 Å². The molecule has 0 saturated heterocycles. The van der Waals surface area contributed by atoms with Gasteiger partial charge in [-0.2, -0.15) is 5.10 Å². The zero-order valence-electron chi connectivity index (χ0n) is 13.2. The van der Waals surface area contributed by atoms with Gasteiger partial charge >= 0.3 is 0 Å². The number of likely N-dealkylation sites (N-methyl/N-ethyl adjacent to an activating group) is 1. The predicted octanol–water partition coefficient (Wildman–Crippen LogP) is 1.39. The smallest absolute Gasteiger partial charge is 0.283 e. The number of anilines is 1. The van der Waals surface area contributed by atoms with Gasteiger partial charge in [-0.1, -0.05) is 13.8 Å². The first-order valence-corrected chi connectivity index (χ1v) is 7.81. The van der Waals surface area contributed by atoms with Gasteiger partial charge in [0.2, 0.25) is 0 Å². The van der Waals surface area contributed by atoms with Crippen molar-refractivity contribution >= 4 is 21.6 Å². The Bertz CT molecular complexity index is 514. The average molecular weight is 361 g/mol. The second kappa shape index (κ2) is 7.91.